The van der Waals surface area contributed by atoms with Crippen LogP contribution >= 0.6 is 0 Å². The molecule has 2 N–H and O–H groups in total. The summed E-state index contributed by atoms with van der Waals surface area (Å²) in [5.74, 6) is 2.40. The largest absolute Gasteiger partial charge is 0.490 e. The van der Waals surface area contributed by atoms with Crippen molar-refractivity contribution in [2.75, 3.05) is 39.5 Å². The number of rotatable bonds is 21. The fourth-order valence-electron chi connectivity index (χ4n) is 4.77. The number of carbonyl (C=O) groups is 2. The monoisotopic (exact) mass is 624 g/mol. The number of para-hydroxylation sites is 4. The number of ether oxygens (including phenoxy) is 4. The van der Waals surface area contributed by atoms with Gasteiger partial charge in [-0.15, -0.1) is 0 Å². The highest BCUT2D eigenvalue weighted by molar-refractivity contribution is 5.97. The molecule has 0 bridgehead atoms. The maximum Gasteiger partial charge on any atom is 0.255 e. The van der Waals surface area contributed by atoms with Crippen molar-refractivity contribution in [3.63, 3.8) is 0 Å². The van der Waals surface area contributed by atoms with Crippen molar-refractivity contribution in [3.05, 3.63) is 120 Å². The molecule has 0 unspecified atom stereocenters. The van der Waals surface area contributed by atoms with Crippen LogP contribution in [-0.4, -0.2) is 51.3 Å². The molecule has 0 fully saturated rings. The third-order valence-electron chi connectivity index (χ3n) is 7.14. The van der Waals surface area contributed by atoms with Crippen LogP contribution in [0, 0.1) is 0 Å². The van der Waals surface area contributed by atoms with E-state index < -0.39 is 0 Å². The number of benzene rings is 4. The second-order valence-electron chi connectivity index (χ2n) is 10.6. The molecule has 46 heavy (non-hydrogen) atoms. The Bertz CT molecular complexity index is 1340. The molecule has 0 aliphatic carbocycles. The zero-order valence-corrected chi connectivity index (χ0v) is 26.3. The molecule has 0 spiro atoms. The lowest BCUT2D eigenvalue weighted by molar-refractivity contribution is 0.0938. The highest BCUT2D eigenvalue weighted by Gasteiger charge is 2.13. The molecule has 4 aromatic carbocycles. The van der Waals surface area contributed by atoms with Crippen LogP contribution in [0.25, 0.3) is 0 Å². The van der Waals surface area contributed by atoms with Crippen molar-refractivity contribution in [1.29, 1.82) is 0 Å². The maximum atomic E-state index is 12.8. The molecule has 0 aliphatic heterocycles. The summed E-state index contributed by atoms with van der Waals surface area (Å²) < 4.78 is 23.0. The molecule has 8 heteroatoms. The lowest BCUT2D eigenvalue weighted by Crippen LogP contribution is -2.25. The average molecular weight is 625 g/mol. The van der Waals surface area contributed by atoms with E-state index in [-0.39, 0.29) is 11.8 Å². The second-order valence-corrected chi connectivity index (χ2v) is 10.6. The first-order chi connectivity index (χ1) is 22.7. The minimum Gasteiger partial charge on any atom is -0.490 e. The van der Waals surface area contributed by atoms with Gasteiger partial charge in [-0.2, -0.15) is 0 Å². The highest BCUT2D eigenvalue weighted by atomic mass is 16.5. The number of carbonyl (C=O) groups excluding carboxylic acids is 2. The Labute approximate surface area is 272 Å². The lowest BCUT2D eigenvalue weighted by Gasteiger charge is -2.12. The molecule has 0 aromatic heterocycles. The zero-order chi connectivity index (χ0) is 32.1. The molecule has 2 amide bonds. The summed E-state index contributed by atoms with van der Waals surface area (Å²) >= 11 is 0. The van der Waals surface area contributed by atoms with Crippen LogP contribution in [0.1, 0.15) is 59.2 Å². The standard InChI is InChI=1S/C38H44N2O6/c41-37(33-21-11-13-23-35(33)45-29-27-43-31-17-7-5-8-18-31)39-25-15-3-1-2-4-16-26-40-38(42)34-22-12-14-24-36(34)46-30-28-44-32-19-9-6-10-20-32/h5-14,17-24H,1-4,15-16,25-30H2,(H,39,41)(H,40,42). The lowest BCUT2D eigenvalue weighted by atomic mass is 10.1. The van der Waals surface area contributed by atoms with Crippen molar-refractivity contribution in [2.45, 2.75) is 38.5 Å². The fraction of sp³-hybridized carbons (Fsp3) is 0.316. The van der Waals surface area contributed by atoms with Gasteiger partial charge in [-0.25, -0.2) is 0 Å². The molecule has 4 rings (SSSR count). The second kappa shape index (κ2) is 20.1. The number of amides is 2. The first-order valence-electron chi connectivity index (χ1n) is 16.1. The molecular weight excluding hydrogens is 580 g/mol. The van der Waals surface area contributed by atoms with Gasteiger partial charge in [0.25, 0.3) is 11.8 Å². The molecule has 0 saturated carbocycles. The first kappa shape index (κ1) is 33.9. The molecule has 0 radical (unpaired) electrons. The van der Waals surface area contributed by atoms with Crippen molar-refractivity contribution in [1.82, 2.24) is 10.6 Å². The van der Waals surface area contributed by atoms with Crippen LogP contribution in [0.3, 0.4) is 0 Å². The summed E-state index contributed by atoms with van der Waals surface area (Å²) in [5, 5.41) is 6.02. The van der Waals surface area contributed by atoms with E-state index in [0.29, 0.717) is 62.1 Å². The van der Waals surface area contributed by atoms with Crippen LogP contribution in [0.5, 0.6) is 23.0 Å². The Morgan fingerprint density at radius 2 is 0.761 bits per heavy atom. The minimum absolute atomic E-state index is 0.136. The number of hydrogen-bond acceptors (Lipinski definition) is 6. The maximum absolute atomic E-state index is 12.8. The van der Waals surface area contributed by atoms with E-state index >= 15 is 0 Å². The van der Waals surface area contributed by atoms with E-state index in [1.807, 2.05) is 84.9 Å². The first-order valence-corrected chi connectivity index (χ1v) is 16.1. The molecular formula is C38H44N2O6. The smallest absolute Gasteiger partial charge is 0.255 e. The van der Waals surface area contributed by atoms with E-state index in [4.69, 9.17) is 18.9 Å². The van der Waals surface area contributed by atoms with E-state index in [1.54, 1.807) is 24.3 Å². The Morgan fingerprint density at radius 1 is 0.413 bits per heavy atom. The molecule has 4 aromatic rings. The van der Waals surface area contributed by atoms with Gasteiger partial charge in [-0.05, 0) is 61.4 Å². The summed E-state index contributed by atoms with van der Waals surface area (Å²) in [7, 11) is 0. The Kier molecular flexibility index (Phi) is 14.8. The summed E-state index contributed by atoms with van der Waals surface area (Å²) in [5.41, 5.74) is 1.05. The van der Waals surface area contributed by atoms with Crippen LogP contribution in [-0.2, 0) is 0 Å². The van der Waals surface area contributed by atoms with Gasteiger partial charge < -0.3 is 29.6 Å². The topological polar surface area (TPSA) is 95.1 Å². The average Bonchev–Trinajstić information content (AvgIpc) is 3.10. The van der Waals surface area contributed by atoms with Crippen LogP contribution in [0.15, 0.2) is 109 Å². The predicted octanol–water partition coefficient (Wildman–Crippen LogP) is 7.10. The molecule has 0 aliphatic rings. The van der Waals surface area contributed by atoms with Crippen molar-refractivity contribution < 1.29 is 28.5 Å². The van der Waals surface area contributed by atoms with Gasteiger partial charge >= 0.3 is 0 Å². The van der Waals surface area contributed by atoms with Gasteiger partial charge in [0.05, 0.1) is 11.1 Å². The van der Waals surface area contributed by atoms with Crippen molar-refractivity contribution in [2.24, 2.45) is 0 Å². The Hall–Kier alpha value is -4.98. The van der Waals surface area contributed by atoms with Gasteiger partial charge in [0.1, 0.15) is 49.4 Å². The van der Waals surface area contributed by atoms with Gasteiger partial charge in [-0.1, -0.05) is 86.3 Å². The Balaban J connectivity index is 1.02. The van der Waals surface area contributed by atoms with E-state index in [2.05, 4.69) is 10.6 Å². The SMILES string of the molecule is O=C(NCCCCCCCCNC(=O)c1ccccc1OCCOc1ccccc1)c1ccccc1OCCOc1ccccc1. The molecule has 0 atom stereocenters. The van der Waals surface area contributed by atoms with Crippen molar-refractivity contribution >= 4 is 11.8 Å². The number of nitrogens with one attached hydrogen (secondary N) is 2. The van der Waals surface area contributed by atoms with E-state index in [1.165, 1.54) is 0 Å². The summed E-state index contributed by atoms with van der Waals surface area (Å²) in [6.45, 7) is 2.69. The molecule has 0 saturated heterocycles. The third-order valence-corrected chi connectivity index (χ3v) is 7.14. The normalized spacial score (nSPS) is 10.5. The fourth-order valence-corrected chi connectivity index (χ4v) is 4.77. The van der Waals surface area contributed by atoms with Crippen molar-refractivity contribution in [3.8, 4) is 23.0 Å². The molecule has 242 valence electrons. The highest BCUT2D eigenvalue weighted by Crippen LogP contribution is 2.19. The quantitative estimate of drug-likeness (QED) is 0.0961. The molecule has 8 nitrogen and oxygen atoms in total. The van der Waals surface area contributed by atoms with Gasteiger partial charge in [-0.3, -0.25) is 9.59 Å². The van der Waals surface area contributed by atoms with Gasteiger partial charge in [0.15, 0.2) is 0 Å². The number of hydrogen-bond donors (Lipinski definition) is 2. The minimum atomic E-state index is -0.136. The van der Waals surface area contributed by atoms with Crippen LogP contribution < -0.4 is 29.6 Å². The third kappa shape index (κ3) is 12.2. The van der Waals surface area contributed by atoms with Gasteiger partial charge in [0.2, 0.25) is 0 Å². The van der Waals surface area contributed by atoms with Crippen LogP contribution in [0.2, 0.25) is 0 Å². The summed E-state index contributed by atoms with van der Waals surface area (Å²) in [6.07, 6.45) is 6.02. The summed E-state index contributed by atoms with van der Waals surface area (Å²) in [4.78, 5) is 25.5. The van der Waals surface area contributed by atoms with Gasteiger partial charge in [0, 0.05) is 13.1 Å². The zero-order valence-electron chi connectivity index (χ0n) is 26.3. The predicted molar refractivity (Wildman–Crippen MR) is 180 cm³/mol. The summed E-state index contributed by atoms with van der Waals surface area (Å²) in [6, 6.07) is 33.7. The molecule has 0 heterocycles. The Morgan fingerprint density at radius 3 is 1.20 bits per heavy atom. The van der Waals surface area contributed by atoms with Crippen LogP contribution in [0.4, 0.5) is 0 Å². The van der Waals surface area contributed by atoms with E-state index in [0.717, 1.165) is 50.0 Å². The van der Waals surface area contributed by atoms with E-state index in [9.17, 15) is 9.59 Å². The number of unbranched alkanes of at least 4 members (excludes halogenated alkanes) is 5.